The zero-order valence-electron chi connectivity index (χ0n) is 9.87. The van der Waals surface area contributed by atoms with Gasteiger partial charge in [-0.15, -0.1) is 0 Å². The first-order chi connectivity index (χ1) is 7.22. The molecule has 0 fully saturated rings. The molecule has 0 aromatic carbocycles. The van der Waals surface area contributed by atoms with Crippen LogP contribution in [0.3, 0.4) is 0 Å². The van der Waals surface area contributed by atoms with Gasteiger partial charge in [0, 0.05) is 18.0 Å². The summed E-state index contributed by atoms with van der Waals surface area (Å²) in [5.74, 6) is 0.672. The third-order valence-corrected chi connectivity index (χ3v) is 2.68. The molecular formula is C11H19N3O. The average Bonchev–Trinajstić information content (AvgIpc) is 2.28. The number of aromatic nitrogens is 2. The van der Waals surface area contributed by atoms with Crippen LogP contribution in [0.15, 0.2) is 6.33 Å². The summed E-state index contributed by atoms with van der Waals surface area (Å²) in [5.41, 5.74) is 2.09. The van der Waals surface area contributed by atoms with Gasteiger partial charge in [-0.3, -0.25) is 0 Å². The fourth-order valence-electron chi connectivity index (χ4n) is 1.56. The van der Waals surface area contributed by atoms with Gasteiger partial charge in [0.2, 0.25) is 5.88 Å². The van der Waals surface area contributed by atoms with Crippen LogP contribution in [0, 0.1) is 6.92 Å². The van der Waals surface area contributed by atoms with Crippen LogP contribution in [0.1, 0.15) is 24.6 Å². The maximum atomic E-state index is 5.16. The fraction of sp³-hybridized carbons (Fsp3) is 0.636. The Kier molecular flexibility index (Phi) is 4.49. The number of likely N-dealkylation sites (N-methyl/N-ethyl adjacent to an activating group) is 1. The summed E-state index contributed by atoms with van der Waals surface area (Å²) in [6, 6.07) is 0.461. The molecule has 0 radical (unpaired) electrons. The van der Waals surface area contributed by atoms with E-state index in [-0.39, 0.29) is 0 Å². The zero-order valence-corrected chi connectivity index (χ0v) is 9.87. The molecule has 0 aliphatic rings. The van der Waals surface area contributed by atoms with E-state index in [0.29, 0.717) is 11.9 Å². The van der Waals surface area contributed by atoms with Gasteiger partial charge < -0.3 is 10.1 Å². The maximum Gasteiger partial charge on any atom is 0.219 e. The van der Waals surface area contributed by atoms with Crippen LogP contribution in [0.25, 0.3) is 0 Å². The lowest BCUT2D eigenvalue weighted by atomic mass is 10.1. The predicted molar refractivity (Wildman–Crippen MR) is 60.2 cm³/mol. The van der Waals surface area contributed by atoms with Gasteiger partial charge in [0.15, 0.2) is 0 Å². The monoisotopic (exact) mass is 209 g/mol. The number of nitrogens with one attached hydrogen (secondary N) is 1. The molecule has 4 heteroatoms. The number of rotatable bonds is 5. The Morgan fingerprint density at radius 1 is 1.47 bits per heavy atom. The van der Waals surface area contributed by atoms with E-state index in [1.165, 1.54) is 0 Å². The lowest BCUT2D eigenvalue weighted by Crippen LogP contribution is -2.27. The van der Waals surface area contributed by atoms with E-state index >= 15 is 0 Å². The van der Waals surface area contributed by atoms with E-state index in [4.69, 9.17) is 4.74 Å². The first-order valence-electron chi connectivity index (χ1n) is 5.24. The Balaban J connectivity index is 2.85. The number of ether oxygens (including phenoxy) is 1. The molecule has 84 valence electrons. The third kappa shape index (κ3) is 2.89. The second-order valence-electron chi connectivity index (χ2n) is 3.55. The molecular weight excluding hydrogens is 190 g/mol. The van der Waals surface area contributed by atoms with Gasteiger partial charge in [-0.2, -0.15) is 0 Å². The fourth-order valence-corrected chi connectivity index (χ4v) is 1.56. The number of hydrogen-bond acceptors (Lipinski definition) is 4. The SMILES string of the molecule is CCC(Cc1ncnc(OC)c1C)NC. The van der Waals surface area contributed by atoms with Gasteiger partial charge in [0.1, 0.15) is 6.33 Å². The Hall–Kier alpha value is -1.16. The average molecular weight is 209 g/mol. The molecule has 0 bridgehead atoms. The number of methoxy groups -OCH3 is 1. The maximum absolute atomic E-state index is 5.16. The highest BCUT2D eigenvalue weighted by molar-refractivity contribution is 5.28. The Bertz CT molecular complexity index is 311. The van der Waals surface area contributed by atoms with Crippen molar-refractivity contribution in [3.05, 3.63) is 17.6 Å². The Labute approximate surface area is 91.1 Å². The van der Waals surface area contributed by atoms with E-state index in [1.54, 1.807) is 13.4 Å². The largest absolute Gasteiger partial charge is 0.481 e. The summed E-state index contributed by atoms with van der Waals surface area (Å²) in [5, 5.41) is 3.26. The lowest BCUT2D eigenvalue weighted by molar-refractivity contribution is 0.391. The molecule has 1 aromatic heterocycles. The molecule has 1 aromatic rings. The molecule has 1 rings (SSSR count). The van der Waals surface area contributed by atoms with Crippen molar-refractivity contribution in [2.45, 2.75) is 32.7 Å². The van der Waals surface area contributed by atoms with Crippen molar-refractivity contribution in [1.29, 1.82) is 0 Å². The van der Waals surface area contributed by atoms with E-state index in [1.807, 2.05) is 14.0 Å². The second kappa shape index (κ2) is 5.66. The van der Waals surface area contributed by atoms with Crippen molar-refractivity contribution in [3.63, 3.8) is 0 Å². The molecule has 1 heterocycles. The van der Waals surface area contributed by atoms with E-state index in [2.05, 4.69) is 22.2 Å². The van der Waals surface area contributed by atoms with Crippen LogP contribution >= 0.6 is 0 Å². The molecule has 4 nitrogen and oxygen atoms in total. The minimum absolute atomic E-state index is 0.461. The lowest BCUT2D eigenvalue weighted by Gasteiger charge is -2.15. The van der Waals surface area contributed by atoms with Crippen LogP contribution in [-0.2, 0) is 6.42 Å². The molecule has 1 atom stereocenters. The Morgan fingerprint density at radius 3 is 2.73 bits per heavy atom. The Morgan fingerprint density at radius 2 is 2.20 bits per heavy atom. The van der Waals surface area contributed by atoms with Crippen LogP contribution in [0.2, 0.25) is 0 Å². The van der Waals surface area contributed by atoms with Crippen LogP contribution in [-0.4, -0.2) is 30.2 Å². The van der Waals surface area contributed by atoms with Crippen molar-refractivity contribution in [2.75, 3.05) is 14.2 Å². The van der Waals surface area contributed by atoms with E-state index in [0.717, 1.165) is 24.1 Å². The smallest absolute Gasteiger partial charge is 0.219 e. The number of nitrogens with zero attached hydrogens (tertiary/aromatic N) is 2. The molecule has 0 aliphatic heterocycles. The summed E-state index contributed by atoms with van der Waals surface area (Å²) in [4.78, 5) is 8.35. The summed E-state index contributed by atoms with van der Waals surface area (Å²) >= 11 is 0. The molecule has 15 heavy (non-hydrogen) atoms. The van der Waals surface area contributed by atoms with Gasteiger partial charge in [0.05, 0.1) is 12.8 Å². The van der Waals surface area contributed by atoms with Crippen LogP contribution < -0.4 is 10.1 Å². The van der Waals surface area contributed by atoms with Crippen molar-refractivity contribution in [2.24, 2.45) is 0 Å². The highest BCUT2D eigenvalue weighted by atomic mass is 16.5. The quantitative estimate of drug-likeness (QED) is 0.795. The molecule has 0 saturated heterocycles. The molecule has 0 spiro atoms. The number of hydrogen-bond donors (Lipinski definition) is 1. The van der Waals surface area contributed by atoms with Gasteiger partial charge in [0.25, 0.3) is 0 Å². The van der Waals surface area contributed by atoms with Crippen LogP contribution in [0.5, 0.6) is 5.88 Å². The predicted octanol–water partition coefficient (Wildman–Crippen LogP) is 1.33. The summed E-state index contributed by atoms with van der Waals surface area (Å²) in [6.07, 6.45) is 3.56. The summed E-state index contributed by atoms with van der Waals surface area (Å²) < 4.78 is 5.16. The zero-order chi connectivity index (χ0) is 11.3. The van der Waals surface area contributed by atoms with Crippen LogP contribution in [0.4, 0.5) is 0 Å². The molecule has 0 saturated carbocycles. The topological polar surface area (TPSA) is 47.0 Å². The van der Waals surface area contributed by atoms with Crippen molar-refractivity contribution < 1.29 is 4.74 Å². The standard InChI is InChI=1S/C11H19N3O/c1-5-9(12-3)6-10-8(2)11(15-4)14-7-13-10/h7,9,12H,5-6H2,1-4H3. The van der Waals surface area contributed by atoms with E-state index in [9.17, 15) is 0 Å². The van der Waals surface area contributed by atoms with Gasteiger partial charge in [-0.1, -0.05) is 6.92 Å². The minimum Gasteiger partial charge on any atom is -0.481 e. The highest BCUT2D eigenvalue weighted by Crippen LogP contribution is 2.17. The third-order valence-electron chi connectivity index (χ3n) is 2.68. The normalized spacial score (nSPS) is 12.5. The molecule has 0 aliphatic carbocycles. The van der Waals surface area contributed by atoms with Gasteiger partial charge in [-0.05, 0) is 20.4 Å². The second-order valence-corrected chi connectivity index (χ2v) is 3.55. The summed E-state index contributed by atoms with van der Waals surface area (Å²) in [6.45, 7) is 4.16. The van der Waals surface area contributed by atoms with E-state index < -0.39 is 0 Å². The molecule has 0 amide bonds. The highest BCUT2D eigenvalue weighted by Gasteiger charge is 2.11. The minimum atomic E-state index is 0.461. The first-order valence-corrected chi connectivity index (χ1v) is 5.24. The molecule has 1 N–H and O–H groups in total. The summed E-state index contributed by atoms with van der Waals surface area (Å²) in [7, 11) is 3.61. The van der Waals surface area contributed by atoms with Crippen molar-refractivity contribution in [1.82, 2.24) is 15.3 Å². The first kappa shape index (κ1) is 11.9. The van der Waals surface area contributed by atoms with Crippen molar-refractivity contribution in [3.8, 4) is 5.88 Å². The van der Waals surface area contributed by atoms with Gasteiger partial charge >= 0.3 is 0 Å². The van der Waals surface area contributed by atoms with Gasteiger partial charge in [-0.25, -0.2) is 9.97 Å². The molecule has 1 unspecified atom stereocenters. The van der Waals surface area contributed by atoms with Crippen molar-refractivity contribution >= 4 is 0 Å².